The molecule has 0 fully saturated rings. The van der Waals surface area contributed by atoms with Gasteiger partial charge in [0.05, 0.1) is 21.9 Å². The summed E-state index contributed by atoms with van der Waals surface area (Å²) in [6.45, 7) is 0. The Balaban J connectivity index is 1.51. The Morgan fingerprint density at radius 1 is 0.304 bits per heavy atom. The summed E-state index contributed by atoms with van der Waals surface area (Å²) >= 11 is 0. The van der Waals surface area contributed by atoms with Crippen LogP contribution in [0.3, 0.4) is 0 Å². The summed E-state index contributed by atoms with van der Waals surface area (Å²) < 4.78 is 5.86. The van der Waals surface area contributed by atoms with Crippen molar-refractivity contribution in [1.29, 1.82) is 0 Å². The van der Waals surface area contributed by atoms with Crippen LogP contribution in [0.2, 0.25) is 0 Å². The molecule has 0 amide bonds. The van der Waals surface area contributed by atoms with E-state index in [0.29, 0.717) is 5.56 Å². The highest BCUT2D eigenvalue weighted by atomic mass is 16.4. The molecule has 1 heterocycles. The molecular weight excluding hydrogens is 723 g/mol. The summed E-state index contributed by atoms with van der Waals surface area (Å²) in [5.41, 5.74) is -1.86. The number of furan rings is 1. The molecule has 0 saturated carbocycles. The Morgan fingerprint density at radius 3 is 1.32 bits per heavy atom. The van der Waals surface area contributed by atoms with E-state index in [2.05, 4.69) is 0 Å². The van der Waals surface area contributed by atoms with Gasteiger partial charge in [-0.05, 0) is 32.6 Å². The Labute approximate surface area is 313 Å². The van der Waals surface area contributed by atoms with Crippen LogP contribution in [0.15, 0.2) is 83.3 Å². The smallest absolute Gasteiger partial charge is 0.205 e. The molecular formula is C42H25BO13. The number of hydrogen-bond donors (Lipinski definition) is 12. The Hall–Kier alpha value is -8.00. The van der Waals surface area contributed by atoms with Gasteiger partial charge in [-0.15, -0.1) is 0 Å². The molecule has 0 saturated heterocycles. The van der Waals surface area contributed by atoms with Gasteiger partial charge in [0, 0.05) is 27.5 Å². The van der Waals surface area contributed by atoms with Crippen LogP contribution in [0.5, 0.6) is 69.0 Å². The van der Waals surface area contributed by atoms with Gasteiger partial charge in [-0.2, -0.15) is 0 Å². The molecule has 0 unspecified atom stereocenters. The van der Waals surface area contributed by atoms with Crippen molar-refractivity contribution in [2.24, 2.45) is 0 Å². The summed E-state index contributed by atoms with van der Waals surface area (Å²) in [6, 6.07) is 21.2. The minimum atomic E-state index is -1.12. The van der Waals surface area contributed by atoms with Crippen LogP contribution < -0.4 is 5.46 Å². The normalized spacial score (nSPS) is 11.8. The maximum absolute atomic E-state index is 11.9. The third-order valence-corrected chi connectivity index (χ3v) is 10.3. The minimum Gasteiger partial charge on any atom is -0.506 e. The quantitative estimate of drug-likeness (QED) is 0.0367. The number of phenolic OH excluding ortho intramolecular Hbond substituents is 12. The maximum atomic E-state index is 11.9. The summed E-state index contributed by atoms with van der Waals surface area (Å²) in [5.74, 6) is -11.0. The highest BCUT2D eigenvalue weighted by molar-refractivity contribution is 6.44. The van der Waals surface area contributed by atoms with E-state index >= 15 is 0 Å². The second-order valence-electron chi connectivity index (χ2n) is 13.2. The van der Waals surface area contributed by atoms with E-state index in [1.165, 1.54) is 0 Å². The largest absolute Gasteiger partial charge is 0.506 e. The lowest BCUT2D eigenvalue weighted by Crippen LogP contribution is -2.05. The number of aromatic hydroxyl groups is 12. The number of hydrogen-bond acceptors (Lipinski definition) is 13. The third-order valence-electron chi connectivity index (χ3n) is 10.3. The van der Waals surface area contributed by atoms with Crippen molar-refractivity contribution in [2.45, 2.75) is 0 Å². The van der Waals surface area contributed by atoms with Crippen molar-refractivity contribution in [3.63, 3.8) is 0 Å². The van der Waals surface area contributed by atoms with Gasteiger partial charge in [-0.3, -0.25) is 0 Å². The van der Waals surface area contributed by atoms with E-state index < -0.39 is 102 Å². The summed E-state index contributed by atoms with van der Waals surface area (Å²) in [6.07, 6.45) is 0. The minimum absolute atomic E-state index is 0.127. The zero-order chi connectivity index (χ0) is 39.6. The lowest BCUT2D eigenvalue weighted by Gasteiger charge is -2.22. The van der Waals surface area contributed by atoms with E-state index in [1.54, 1.807) is 78.9 Å². The fourth-order valence-electron chi connectivity index (χ4n) is 7.85. The lowest BCUT2D eigenvalue weighted by atomic mass is 9.82. The van der Waals surface area contributed by atoms with E-state index in [1.807, 2.05) is 0 Å². The summed E-state index contributed by atoms with van der Waals surface area (Å²) in [7, 11) is 5.98. The molecule has 0 bridgehead atoms. The zero-order valence-electron chi connectivity index (χ0n) is 28.4. The molecule has 9 aromatic rings. The fraction of sp³-hybridized carbons (Fsp3) is 0. The average Bonchev–Trinajstić information content (AvgIpc) is 3.61. The molecule has 1 aromatic heterocycles. The van der Waals surface area contributed by atoms with Gasteiger partial charge in [0.1, 0.15) is 19.3 Å². The van der Waals surface area contributed by atoms with Gasteiger partial charge in [-0.1, -0.05) is 78.9 Å². The van der Waals surface area contributed by atoms with E-state index in [9.17, 15) is 61.3 Å². The maximum Gasteiger partial charge on any atom is 0.205 e. The first-order chi connectivity index (χ1) is 26.8. The van der Waals surface area contributed by atoms with Crippen LogP contribution >= 0.6 is 0 Å². The second-order valence-corrected chi connectivity index (χ2v) is 13.2. The van der Waals surface area contributed by atoms with Crippen molar-refractivity contribution in [3.05, 3.63) is 78.9 Å². The van der Waals surface area contributed by atoms with Crippen molar-refractivity contribution in [3.8, 4) is 102 Å². The van der Waals surface area contributed by atoms with Crippen molar-refractivity contribution in [2.75, 3.05) is 0 Å². The van der Waals surface area contributed by atoms with Gasteiger partial charge >= 0.3 is 0 Å². The molecule has 0 atom stereocenters. The molecule has 9 rings (SSSR count). The first kappa shape index (κ1) is 33.8. The van der Waals surface area contributed by atoms with Crippen LogP contribution in [0.25, 0.3) is 87.6 Å². The molecule has 8 aromatic carbocycles. The SMILES string of the molecule is [B]c1c(O)c(O)c(O)c2c(O)c3c(oc4c(O)c(O)c(O)c(-c5c6ccccc6c(-c6c(O)c(O)c(O)c(-c7ccccc7)c6O)c6ccccc56)c43)c(O)c12. The fourth-order valence-corrected chi connectivity index (χ4v) is 7.85. The molecule has 2 radical (unpaired) electrons. The molecule has 13 nitrogen and oxygen atoms in total. The lowest BCUT2D eigenvalue weighted by molar-refractivity contribution is 0.364. The molecule has 0 aliphatic rings. The second kappa shape index (κ2) is 11.5. The van der Waals surface area contributed by atoms with Crippen molar-refractivity contribution < 1.29 is 65.7 Å². The number of fused-ring (bicyclic) bond motifs is 6. The predicted octanol–water partition coefficient (Wildman–Crippen LogP) is 7.31. The van der Waals surface area contributed by atoms with Gasteiger partial charge in [0.2, 0.25) is 17.2 Å². The standard InChI is InChI=1S/C42H25BO13/c43-28-24-26(34(49)38(53)36(28)51)30(45)27-23-22(32(47)39(54)40(55)41(23)56-42(27)35(24)50)20-15-10-4-6-12-17(15)21(18-13-7-5-11-16(18)20)25-29(44)19(14-8-2-1-3-9-14)31(46)37(52)33(25)48/h1-13,44-55H. The van der Waals surface area contributed by atoms with Crippen molar-refractivity contribution >= 4 is 67.6 Å². The Kier molecular flexibility index (Phi) is 6.95. The monoisotopic (exact) mass is 748 g/mol. The van der Waals surface area contributed by atoms with Crippen LogP contribution in [-0.2, 0) is 0 Å². The summed E-state index contributed by atoms with van der Waals surface area (Å²) in [4.78, 5) is 0. The zero-order valence-corrected chi connectivity index (χ0v) is 28.4. The first-order valence-electron chi connectivity index (χ1n) is 16.7. The predicted molar refractivity (Wildman–Crippen MR) is 208 cm³/mol. The number of rotatable bonds is 3. The molecule has 0 spiro atoms. The van der Waals surface area contributed by atoms with Gasteiger partial charge in [-0.25, -0.2) is 0 Å². The van der Waals surface area contributed by atoms with E-state index in [4.69, 9.17) is 12.3 Å². The molecule has 0 aliphatic carbocycles. The molecule has 56 heavy (non-hydrogen) atoms. The van der Waals surface area contributed by atoms with Crippen molar-refractivity contribution in [1.82, 2.24) is 0 Å². The first-order valence-corrected chi connectivity index (χ1v) is 16.7. The summed E-state index contributed by atoms with van der Waals surface area (Å²) in [5, 5.41) is 134. The van der Waals surface area contributed by atoms with E-state index in [-0.39, 0.29) is 54.7 Å². The highest BCUT2D eigenvalue weighted by Crippen LogP contribution is 2.62. The molecule has 274 valence electrons. The topological polar surface area (TPSA) is 256 Å². The number of benzene rings is 8. The Bertz CT molecular complexity index is 3170. The average molecular weight is 748 g/mol. The molecule has 12 N–H and O–H groups in total. The van der Waals surface area contributed by atoms with Gasteiger partial charge in [0.25, 0.3) is 0 Å². The highest BCUT2D eigenvalue weighted by Gasteiger charge is 2.34. The van der Waals surface area contributed by atoms with Gasteiger partial charge in [0.15, 0.2) is 51.4 Å². The van der Waals surface area contributed by atoms with Crippen LogP contribution in [0.4, 0.5) is 0 Å². The molecule has 14 heteroatoms. The van der Waals surface area contributed by atoms with Gasteiger partial charge < -0.3 is 65.7 Å². The van der Waals surface area contributed by atoms with Crippen LogP contribution in [0, 0.1) is 0 Å². The Morgan fingerprint density at radius 2 is 0.750 bits per heavy atom. The number of phenols is 12. The molecule has 0 aliphatic heterocycles. The third kappa shape index (κ3) is 4.14. The van der Waals surface area contributed by atoms with E-state index in [0.717, 1.165) is 0 Å². The van der Waals surface area contributed by atoms with Crippen LogP contribution in [-0.4, -0.2) is 69.1 Å². The van der Waals surface area contributed by atoms with Crippen LogP contribution in [0.1, 0.15) is 0 Å².